The summed E-state index contributed by atoms with van der Waals surface area (Å²) < 4.78 is 10.7. The maximum atomic E-state index is 11.3. The van der Waals surface area contributed by atoms with Crippen molar-refractivity contribution in [3.63, 3.8) is 0 Å². The lowest BCUT2D eigenvalue weighted by Gasteiger charge is -2.11. The summed E-state index contributed by atoms with van der Waals surface area (Å²) >= 11 is 0. The van der Waals surface area contributed by atoms with Gasteiger partial charge in [-0.15, -0.1) is 0 Å². The average molecular weight is 239 g/mol. The third kappa shape index (κ3) is 4.74. The Bertz CT molecular complexity index is 354. The number of hydrogen-bond acceptors (Lipinski definition) is 4. The first-order valence-corrected chi connectivity index (χ1v) is 5.50. The quantitative estimate of drug-likeness (QED) is 0.730. The molecular weight excluding hydrogens is 222 g/mol. The van der Waals surface area contributed by atoms with Gasteiger partial charge in [-0.3, -0.25) is 4.79 Å². The molecule has 5 heteroatoms. The molecule has 0 aliphatic rings. The first-order chi connectivity index (χ1) is 8.27. The van der Waals surface area contributed by atoms with Crippen LogP contribution in [0.25, 0.3) is 0 Å². The number of para-hydroxylation sites is 2. The summed E-state index contributed by atoms with van der Waals surface area (Å²) in [6.07, 6.45) is 0. The van der Waals surface area contributed by atoms with E-state index in [9.17, 15) is 4.79 Å². The molecule has 2 N–H and O–H groups in total. The van der Waals surface area contributed by atoms with Crippen LogP contribution in [0.5, 0.6) is 11.5 Å². The maximum absolute atomic E-state index is 11.3. The molecule has 0 atom stereocenters. The first kappa shape index (κ1) is 13.3. The number of rotatable bonds is 7. The van der Waals surface area contributed by atoms with Crippen molar-refractivity contribution in [1.82, 2.24) is 5.32 Å². The molecule has 0 saturated heterocycles. The molecule has 0 fully saturated rings. The highest BCUT2D eigenvalue weighted by Crippen LogP contribution is 2.25. The van der Waals surface area contributed by atoms with E-state index in [0.29, 0.717) is 18.1 Å². The summed E-state index contributed by atoms with van der Waals surface area (Å²) in [5.41, 5.74) is 0. The second kappa shape index (κ2) is 7.51. The summed E-state index contributed by atoms with van der Waals surface area (Å²) in [6, 6.07) is 7.17. The van der Waals surface area contributed by atoms with E-state index in [-0.39, 0.29) is 25.7 Å². The molecule has 0 unspecified atom stereocenters. The number of carbonyl (C=O) groups is 1. The minimum absolute atomic E-state index is 0.0821. The summed E-state index contributed by atoms with van der Waals surface area (Å²) in [6.45, 7) is 2.47. The molecule has 0 aromatic heterocycles. The van der Waals surface area contributed by atoms with Gasteiger partial charge in [-0.1, -0.05) is 12.1 Å². The Morgan fingerprint density at radius 1 is 1.29 bits per heavy atom. The molecule has 94 valence electrons. The highest BCUT2D eigenvalue weighted by molar-refractivity contribution is 5.77. The fourth-order valence-electron chi connectivity index (χ4n) is 1.23. The zero-order valence-electron chi connectivity index (χ0n) is 9.81. The molecule has 0 bridgehead atoms. The monoisotopic (exact) mass is 239 g/mol. The van der Waals surface area contributed by atoms with E-state index in [1.54, 1.807) is 12.1 Å². The van der Waals surface area contributed by atoms with Crippen LogP contribution in [0.1, 0.15) is 6.92 Å². The van der Waals surface area contributed by atoms with E-state index < -0.39 is 0 Å². The minimum atomic E-state index is -0.273. The molecule has 0 radical (unpaired) electrons. The molecule has 1 aromatic carbocycles. The van der Waals surface area contributed by atoms with Crippen molar-refractivity contribution in [2.24, 2.45) is 0 Å². The molecule has 17 heavy (non-hydrogen) atoms. The van der Waals surface area contributed by atoms with Gasteiger partial charge >= 0.3 is 0 Å². The molecule has 0 aliphatic heterocycles. The Morgan fingerprint density at radius 2 is 1.94 bits per heavy atom. The van der Waals surface area contributed by atoms with Crippen LogP contribution in [0.2, 0.25) is 0 Å². The van der Waals surface area contributed by atoms with Gasteiger partial charge in [0.25, 0.3) is 5.91 Å². The van der Waals surface area contributed by atoms with E-state index in [0.717, 1.165) is 0 Å². The molecule has 0 spiro atoms. The molecule has 0 saturated carbocycles. The molecular formula is C12H17NO4. The van der Waals surface area contributed by atoms with E-state index in [2.05, 4.69) is 5.32 Å². The van der Waals surface area contributed by atoms with Crippen molar-refractivity contribution in [1.29, 1.82) is 0 Å². The minimum Gasteiger partial charge on any atom is -0.490 e. The van der Waals surface area contributed by atoms with Crippen LogP contribution < -0.4 is 14.8 Å². The van der Waals surface area contributed by atoms with Crippen LogP contribution in [-0.2, 0) is 4.79 Å². The molecule has 5 nitrogen and oxygen atoms in total. The van der Waals surface area contributed by atoms with Crippen molar-refractivity contribution in [3.05, 3.63) is 24.3 Å². The number of amides is 1. The Morgan fingerprint density at radius 3 is 2.53 bits per heavy atom. The number of aliphatic hydroxyl groups excluding tert-OH is 1. The lowest BCUT2D eigenvalue weighted by molar-refractivity contribution is -0.123. The van der Waals surface area contributed by atoms with Gasteiger partial charge in [0, 0.05) is 6.54 Å². The van der Waals surface area contributed by atoms with Gasteiger partial charge in [-0.25, -0.2) is 0 Å². The predicted octanol–water partition coefficient (Wildman–Crippen LogP) is 0.573. The highest BCUT2D eigenvalue weighted by atomic mass is 16.5. The van der Waals surface area contributed by atoms with E-state index in [1.807, 2.05) is 19.1 Å². The highest BCUT2D eigenvalue weighted by Gasteiger charge is 2.06. The van der Waals surface area contributed by atoms with Gasteiger partial charge in [-0.05, 0) is 19.1 Å². The summed E-state index contributed by atoms with van der Waals surface area (Å²) in [5, 5.41) is 11.0. The average Bonchev–Trinajstić information content (AvgIpc) is 2.35. The summed E-state index contributed by atoms with van der Waals surface area (Å²) in [5.74, 6) is 0.879. The Hall–Kier alpha value is -1.75. The lowest BCUT2D eigenvalue weighted by Crippen LogP contribution is -2.31. The Kier molecular flexibility index (Phi) is 5.88. The zero-order chi connectivity index (χ0) is 12.5. The predicted molar refractivity (Wildman–Crippen MR) is 63.2 cm³/mol. The second-order valence-electron chi connectivity index (χ2n) is 3.24. The largest absolute Gasteiger partial charge is 0.490 e. The summed E-state index contributed by atoms with van der Waals surface area (Å²) in [4.78, 5) is 11.3. The molecule has 1 amide bonds. The van der Waals surface area contributed by atoms with Crippen LogP contribution in [-0.4, -0.2) is 37.4 Å². The second-order valence-corrected chi connectivity index (χ2v) is 3.24. The topological polar surface area (TPSA) is 67.8 Å². The van der Waals surface area contributed by atoms with Crippen LogP contribution in [0.4, 0.5) is 0 Å². The summed E-state index contributed by atoms with van der Waals surface area (Å²) in [7, 11) is 0. The molecule has 1 aromatic rings. The van der Waals surface area contributed by atoms with Gasteiger partial charge in [0.2, 0.25) is 0 Å². The Labute approximate surface area is 100 Å². The van der Waals surface area contributed by atoms with Crippen molar-refractivity contribution < 1.29 is 19.4 Å². The van der Waals surface area contributed by atoms with Gasteiger partial charge in [0.15, 0.2) is 18.1 Å². The number of nitrogens with one attached hydrogen (secondary N) is 1. The number of benzene rings is 1. The third-order valence-corrected chi connectivity index (χ3v) is 1.94. The van der Waals surface area contributed by atoms with Crippen LogP contribution in [0.15, 0.2) is 24.3 Å². The van der Waals surface area contributed by atoms with Crippen LogP contribution in [0, 0.1) is 0 Å². The molecule has 0 heterocycles. The maximum Gasteiger partial charge on any atom is 0.258 e. The molecule has 1 rings (SSSR count). The van der Waals surface area contributed by atoms with E-state index in [4.69, 9.17) is 14.6 Å². The fraction of sp³-hybridized carbons (Fsp3) is 0.417. The van der Waals surface area contributed by atoms with Crippen molar-refractivity contribution in [2.45, 2.75) is 6.92 Å². The van der Waals surface area contributed by atoms with Crippen molar-refractivity contribution >= 4 is 5.91 Å². The lowest BCUT2D eigenvalue weighted by atomic mass is 10.3. The number of carbonyl (C=O) groups excluding carboxylic acids is 1. The van der Waals surface area contributed by atoms with Gasteiger partial charge in [0.05, 0.1) is 13.2 Å². The standard InChI is InChI=1S/C12H17NO4/c1-2-16-10-5-3-4-6-11(10)17-9-12(15)13-7-8-14/h3-6,14H,2,7-9H2,1H3,(H,13,15). The van der Waals surface area contributed by atoms with Crippen molar-refractivity contribution in [3.8, 4) is 11.5 Å². The zero-order valence-corrected chi connectivity index (χ0v) is 9.81. The SMILES string of the molecule is CCOc1ccccc1OCC(=O)NCCO. The third-order valence-electron chi connectivity index (χ3n) is 1.94. The Balaban J connectivity index is 2.47. The number of aliphatic hydroxyl groups is 1. The fourth-order valence-corrected chi connectivity index (χ4v) is 1.23. The van der Waals surface area contributed by atoms with Gasteiger partial charge in [0.1, 0.15) is 0 Å². The van der Waals surface area contributed by atoms with Crippen molar-refractivity contribution in [2.75, 3.05) is 26.4 Å². The number of hydrogen-bond donors (Lipinski definition) is 2. The smallest absolute Gasteiger partial charge is 0.258 e. The first-order valence-electron chi connectivity index (χ1n) is 5.50. The van der Waals surface area contributed by atoms with Gasteiger partial charge in [-0.2, -0.15) is 0 Å². The molecule has 0 aliphatic carbocycles. The number of ether oxygens (including phenoxy) is 2. The van der Waals surface area contributed by atoms with Crippen LogP contribution >= 0.6 is 0 Å². The van der Waals surface area contributed by atoms with Crippen LogP contribution in [0.3, 0.4) is 0 Å². The van der Waals surface area contributed by atoms with E-state index >= 15 is 0 Å². The van der Waals surface area contributed by atoms with Gasteiger partial charge < -0.3 is 19.9 Å². The van der Waals surface area contributed by atoms with E-state index in [1.165, 1.54) is 0 Å². The normalized spacial score (nSPS) is 9.76.